The Bertz CT molecular complexity index is 476. The fourth-order valence-electron chi connectivity index (χ4n) is 1.33. The van der Waals surface area contributed by atoms with Gasteiger partial charge in [-0.25, -0.2) is 13.8 Å². The maximum absolute atomic E-state index is 12.9. The van der Waals surface area contributed by atoms with Crippen LogP contribution < -0.4 is 5.32 Å². The summed E-state index contributed by atoms with van der Waals surface area (Å²) in [6.07, 6.45) is 1.75. The van der Waals surface area contributed by atoms with Gasteiger partial charge in [0.1, 0.15) is 11.6 Å². The lowest BCUT2D eigenvalue weighted by atomic mass is 10.3. The Hall–Kier alpha value is -1.49. The van der Waals surface area contributed by atoms with Crippen molar-refractivity contribution in [1.82, 2.24) is 4.98 Å². The summed E-state index contributed by atoms with van der Waals surface area (Å²) in [4.78, 5) is 5.12. The fourth-order valence-corrected chi connectivity index (χ4v) is 2.07. The van der Waals surface area contributed by atoms with Crippen molar-refractivity contribution in [1.29, 1.82) is 0 Å². The van der Waals surface area contributed by atoms with Crippen LogP contribution in [-0.2, 0) is 6.54 Å². The van der Waals surface area contributed by atoms with Gasteiger partial charge in [-0.1, -0.05) is 0 Å². The predicted molar refractivity (Wildman–Crippen MR) is 60.5 cm³/mol. The second-order valence-corrected chi connectivity index (χ2v) is 4.68. The van der Waals surface area contributed by atoms with Crippen molar-refractivity contribution in [3.8, 4) is 0 Å². The lowest BCUT2D eigenvalue weighted by molar-refractivity contribution is 0.584. The first-order chi connectivity index (χ1) is 7.63. The Kier molecular flexibility index (Phi) is 3.14. The fraction of sp³-hybridized carbons (Fsp3) is 0.182. The third-order valence-corrected chi connectivity index (χ3v) is 2.91. The molecule has 0 fully saturated rings. The molecule has 0 aliphatic carbocycles. The molecule has 0 unspecified atom stereocenters. The van der Waals surface area contributed by atoms with Gasteiger partial charge in [0.2, 0.25) is 0 Å². The van der Waals surface area contributed by atoms with Crippen LogP contribution in [0.25, 0.3) is 0 Å². The molecule has 2 rings (SSSR count). The molecule has 0 radical (unpaired) electrons. The Labute approximate surface area is 96.0 Å². The summed E-state index contributed by atoms with van der Waals surface area (Å²) in [5, 5.41) is 3.92. The first-order valence-corrected chi connectivity index (χ1v) is 5.56. The van der Waals surface area contributed by atoms with Crippen molar-refractivity contribution < 1.29 is 8.78 Å². The van der Waals surface area contributed by atoms with E-state index in [4.69, 9.17) is 0 Å². The smallest absolute Gasteiger partial charge is 0.128 e. The number of rotatable bonds is 3. The zero-order chi connectivity index (χ0) is 11.5. The summed E-state index contributed by atoms with van der Waals surface area (Å²) >= 11 is 1.55. The number of hydrogen-bond acceptors (Lipinski definition) is 3. The van der Waals surface area contributed by atoms with Gasteiger partial charge in [-0.05, 0) is 19.1 Å². The van der Waals surface area contributed by atoms with Crippen LogP contribution in [0, 0.1) is 18.6 Å². The van der Waals surface area contributed by atoms with Crippen molar-refractivity contribution in [2.45, 2.75) is 13.5 Å². The molecule has 0 saturated heterocycles. The summed E-state index contributed by atoms with van der Waals surface area (Å²) in [7, 11) is 0. The molecular formula is C11H10F2N2S. The van der Waals surface area contributed by atoms with Crippen LogP contribution in [0.1, 0.15) is 9.88 Å². The van der Waals surface area contributed by atoms with Crippen LogP contribution in [0.2, 0.25) is 0 Å². The Balaban J connectivity index is 2.04. The first kappa shape index (κ1) is 11.0. The van der Waals surface area contributed by atoms with Crippen LogP contribution in [0.5, 0.6) is 0 Å². The highest BCUT2D eigenvalue weighted by Crippen LogP contribution is 2.16. The van der Waals surface area contributed by atoms with Crippen LogP contribution in [0.4, 0.5) is 14.5 Å². The Morgan fingerprint density at radius 1 is 1.25 bits per heavy atom. The highest BCUT2D eigenvalue weighted by atomic mass is 32.1. The van der Waals surface area contributed by atoms with Crippen LogP contribution in [0.3, 0.4) is 0 Å². The summed E-state index contributed by atoms with van der Waals surface area (Å²) in [6, 6.07) is 3.37. The molecule has 0 aliphatic heterocycles. The zero-order valence-corrected chi connectivity index (χ0v) is 9.44. The van der Waals surface area contributed by atoms with Gasteiger partial charge in [-0.2, -0.15) is 0 Å². The molecule has 0 amide bonds. The largest absolute Gasteiger partial charge is 0.380 e. The van der Waals surface area contributed by atoms with Gasteiger partial charge in [0.25, 0.3) is 0 Å². The second kappa shape index (κ2) is 4.57. The van der Waals surface area contributed by atoms with E-state index in [0.29, 0.717) is 12.2 Å². The minimum Gasteiger partial charge on any atom is -0.380 e. The minimum atomic E-state index is -0.581. The first-order valence-electron chi connectivity index (χ1n) is 4.75. The number of hydrogen-bond donors (Lipinski definition) is 1. The Morgan fingerprint density at radius 3 is 2.50 bits per heavy atom. The van der Waals surface area contributed by atoms with Crippen molar-refractivity contribution in [2.75, 3.05) is 5.32 Å². The highest BCUT2D eigenvalue weighted by molar-refractivity contribution is 7.11. The van der Waals surface area contributed by atoms with Gasteiger partial charge in [-0.3, -0.25) is 0 Å². The minimum absolute atomic E-state index is 0.434. The van der Waals surface area contributed by atoms with Gasteiger partial charge in [0.05, 0.1) is 11.6 Å². The number of benzene rings is 1. The normalized spacial score (nSPS) is 10.4. The number of anilines is 1. The van der Waals surface area contributed by atoms with Crippen molar-refractivity contribution in [2.24, 2.45) is 0 Å². The van der Waals surface area contributed by atoms with E-state index in [1.165, 1.54) is 12.1 Å². The topological polar surface area (TPSA) is 24.9 Å². The molecule has 2 aromatic rings. The van der Waals surface area contributed by atoms with Gasteiger partial charge >= 0.3 is 0 Å². The molecule has 1 aromatic carbocycles. The van der Waals surface area contributed by atoms with Crippen LogP contribution in [-0.4, -0.2) is 4.98 Å². The van der Waals surface area contributed by atoms with Crippen molar-refractivity contribution in [3.63, 3.8) is 0 Å². The van der Waals surface area contributed by atoms with Gasteiger partial charge in [-0.15, -0.1) is 11.3 Å². The number of aryl methyl sites for hydroxylation is 1. The van der Waals surface area contributed by atoms with E-state index in [2.05, 4.69) is 10.3 Å². The molecule has 1 N–H and O–H groups in total. The summed E-state index contributed by atoms with van der Waals surface area (Å²) in [5.74, 6) is -1.16. The monoisotopic (exact) mass is 240 g/mol. The Morgan fingerprint density at radius 2 is 1.94 bits per heavy atom. The van der Waals surface area contributed by atoms with E-state index in [1.54, 1.807) is 17.5 Å². The molecule has 0 saturated carbocycles. The lowest BCUT2D eigenvalue weighted by Crippen LogP contribution is -1.98. The van der Waals surface area contributed by atoms with E-state index in [1.807, 2.05) is 6.92 Å². The quantitative estimate of drug-likeness (QED) is 0.890. The SMILES string of the molecule is Cc1ncc(CNc2cc(F)cc(F)c2)s1. The molecular weight excluding hydrogens is 230 g/mol. The summed E-state index contributed by atoms with van der Waals surface area (Å²) < 4.78 is 25.7. The maximum atomic E-state index is 12.9. The molecule has 0 spiro atoms. The van der Waals surface area contributed by atoms with E-state index < -0.39 is 11.6 Å². The molecule has 0 aliphatic rings. The molecule has 1 aromatic heterocycles. The number of nitrogens with zero attached hydrogens (tertiary/aromatic N) is 1. The summed E-state index contributed by atoms with van der Waals surface area (Å²) in [6.45, 7) is 2.43. The maximum Gasteiger partial charge on any atom is 0.128 e. The molecule has 1 heterocycles. The molecule has 5 heteroatoms. The molecule has 84 valence electrons. The van der Waals surface area contributed by atoms with Crippen LogP contribution in [0.15, 0.2) is 24.4 Å². The average molecular weight is 240 g/mol. The van der Waals surface area contributed by atoms with Crippen molar-refractivity contribution >= 4 is 17.0 Å². The predicted octanol–water partition coefficient (Wildman–Crippen LogP) is 3.34. The van der Waals surface area contributed by atoms with Crippen LogP contribution >= 0.6 is 11.3 Å². The van der Waals surface area contributed by atoms with Gasteiger partial charge in [0, 0.05) is 22.8 Å². The standard InChI is InChI=1S/C11H10F2N2S/c1-7-14-5-11(16-7)6-15-10-3-8(12)2-9(13)4-10/h2-5,15H,6H2,1H3. The summed E-state index contributed by atoms with van der Waals surface area (Å²) in [5.41, 5.74) is 0.434. The second-order valence-electron chi connectivity index (χ2n) is 3.36. The lowest BCUT2D eigenvalue weighted by Gasteiger charge is -2.04. The van der Waals surface area contributed by atoms with Gasteiger partial charge in [0.15, 0.2) is 0 Å². The molecule has 0 bridgehead atoms. The number of thiazole rings is 1. The van der Waals surface area contributed by atoms with E-state index in [0.717, 1.165) is 16.0 Å². The van der Waals surface area contributed by atoms with E-state index >= 15 is 0 Å². The third-order valence-electron chi connectivity index (χ3n) is 2.00. The molecule has 16 heavy (non-hydrogen) atoms. The van der Waals surface area contributed by atoms with E-state index in [-0.39, 0.29) is 0 Å². The molecule has 0 atom stereocenters. The number of nitrogens with one attached hydrogen (secondary N) is 1. The zero-order valence-electron chi connectivity index (χ0n) is 8.63. The van der Waals surface area contributed by atoms with Gasteiger partial charge < -0.3 is 5.32 Å². The van der Waals surface area contributed by atoms with Crippen molar-refractivity contribution in [3.05, 3.63) is 45.9 Å². The van der Waals surface area contributed by atoms with E-state index in [9.17, 15) is 8.78 Å². The number of halogens is 2. The molecule has 2 nitrogen and oxygen atoms in total. The average Bonchev–Trinajstić information content (AvgIpc) is 2.60. The third kappa shape index (κ3) is 2.76. The number of aromatic nitrogens is 1. The highest BCUT2D eigenvalue weighted by Gasteiger charge is 2.01.